The molecule has 0 unspecified atom stereocenters. The number of carbonyl (C=O) groups excluding carboxylic acids is 2. The maximum absolute atomic E-state index is 12.9. The van der Waals surface area contributed by atoms with E-state index in [1.54, 1.807) is 14.0 Å². The maximum atomic E-state index is 12.9. The van der Waals surface area contributed by atoms with Gasteiger partial charge in [0.15, 0.2) is 0 Å². The molecule has 0 saturated carbocycles. The Hall–Kier alpha value is -2.45. The van der Waals surface area contributed by atoms with Crippen molar-refractivity contribution in [3.8, 4) is 5.75 Å². The van der Waals surface area contributed by atoms with Gasteiger partial charge in [0, 0.05) is 26.1 Å². The molecule has 0 aliphatic carbocycles. The van der Waals surface area contributed by atoms with E-state index in [4.69, 9.17) is 4.74 Å². The van der Waals surface area contributed by atoms with Crippen LogP contribution in [0.2, 0.25) is 0 Å². The van der Waals surface area contributed by atoms with E-state index in [2.05, 4.69) is 10.6 Å². The van der Waals surface area contributed by atoms with Crippen LogP contribution in [-0.4, -0.2) is 43.6 Å². The molecule has 0 atom stereocenters. The molecule has 1 aromatic carbocycles. The second kappa shape index (κ2) is 8.29. The van der Waals surface area contributed by atoms with E-state index < -0.39 is 17.8 Å². The normalized spacial score (nSPS) is 15.5. The van der Waals surface area contributed by atoms with E-state index in [9.17, 15) is 22.8 Å². The van der Waals surface area contributed by atoms with Crippen molar-refractivity contribution in [1.29, 1.82) is 0 Å². The number of urea groups is 1. The van der Waals surface area contributed by atoms with Crippen LogP contribution in [0.15, 0.2) is 18.2 Å². The molecule has 1 aliphatic heterocycles. The Kier molecular flexibility index (Phi) is 6.33. The second-order valence-corrected chi connectivity index (χ2v) is 5.95. The first kappa shape index (κ1) is 19.9. The molecule has 1 fully saturated rings. The fourth-order valence-corrected chi connectivity index (χ4v) is 2.83. The summed E-state index contributed by atoms with van der Waals surface area (Å²) in [4.78, 5) is 25.5. The molecule has 2 rings (SSSR count). The van der Waals surface area contributed by atoms with E-state index >= 15 is 0 Å². The number of carbonyl (C=O) groups is 2. The Morgan fingerprint density at radius 2 is 1.92 bits per heavy atom. The van der Waals surface area contributed by atoms with E-state index in [-0.39, 0.29) is 29.9 Å². The lowest BCUT2D eigenvalue weighted by molar-refractivity contribution is -0.137. The predicted molar refractivity (Wildman–Crippen MR) is 90.0 cm³/mol. The molecule has 6 nitrogen and oxygen atoms in total. The van der Waals surface area contributed by atoms with Gasteiger partial charge in [-0.05, 0) is 38.0 Å². The standard InChI is InChI=1S/C17H22F3N3O3/c1-3-26-14-5-4-12(17(18,19)20)10-13(14)22-16(25)23-8-6-11(7-9-23)15(24)21-2/h4-5,10-11H,3,6-9H2,1-2H3,(H,21,24)(H,22,25). The Morgan fingerprint density at radius 1 is 1.27 bits per heavy atom. The van der Waals surface area contributed by atoms with Gasteiger partial charge in [0.1, 0.15) is 5.75 Å². The lowest BCUT2D eigenvalue weighted by atomic mass is 9.96. The minimum atomic E-state index is -4.52. The molecule has 0 bridgehead atoms. The predicted octanol–water partition coefficient (Wildman–Crippen LogP) is 3.09. The zero-order chi connectivity index (χ0) is 19.3. The van der Waals surface area contributed by atoms with Crippen LogP contribution in [0.5, 0.6) is 5.75 Å². The summed E-state index contributed by atoms with van der Waals surface area (Å²) in [7, 11) is 1.56. The van der Waals surface area contributed by atoms with Crippen molar-refractivity contribution >= 4 is 17.6 Å². The Bertz CT molecular complexity index is 656. The average molecular weight is 373 g/mol. The molecule has 3 amide bonds. The fourth-order valence-electron chi connectivity index (χ4n) is 2.83. The lowest BCUT2D eigenvalue weighted by Crippen LogP contribution is -2.44. The van der Waals surface area contributed by atoms with Crippen molar-refractivity contribution in [3.63, 3.8) is 0 Å². The summed E-state index contributed by atoms with van der Waals surface area (Å²) in [6, 6.07) is 2.45. The largest absolute Gasteiger partial charge is 0.492 e. The summed E-state index contributed by atoms with van der Waals surface area (Å²) in [6.45, 7) is 2.66. The van der Waals surface area contributed by atoms with Crippen LogP contribution in [0.4, 0.5) is 23.7 Å². The van der Waals surface area contributed by atoms with Crippen molar-refractivity contribution in [2.24, 2.45) is 5.92 Å². The quantitative estimate of drug-likeness (QED) is 0.852. The Morgan fingerprint density at radius 3 is 2.46 bits per heavy atom. The van der Waals surface area contributed by atoms with Crippen LogP contribution in [0.25, 0.3) is 0 Å². The molecule has 0 spiro atoms. The van der Waals surface area contributed by atoms with Crippen LogP contribution in [-0.2, 0) is 11.0 Å². The molecular formula is C17H22F3N3O3. The fraction of sp³-hybridized carbons (Fsp3) is 0.529. The number of benzene rings is 1. The third kappa shape index (κ3) is 4.80. The van der Waals surface area contributed by atoms with Gasteiger partial charge in [0.25, 0.3) is 0 Å². The summed E-state index contributed by atoms with van der Waals surface area (Å²) >= 11 is 0. The van der Waals surface area contributed by atoms with Crippen molar-refractivity contribution in [1.82, 2.24) is 10.2 Å². The number of rotatable bonds is 4. The molecule has 26 heavy (non-hydrogen) atoms. The highest BCUT2D eigenvalue weighted by Gasteiger charge is 2.32. The Balaban J connectivity index is 2.09. The number of halogens is 3. The van der Waals surface area contributed by atoms with E-state index in [1.165, 1.54) is 11.0 Å². The monoisotopic (exact) mass is 373 g/mol. The van der Waals surface area contributed by atoms with Crippen LogP contribution in [0, 0.1) is 5.92 Å². The number of piperidine rings is 1. The zero-order valence-corrected chi connectivity index (χ0v) is 14.7. The molecule has 1 saturated heterocycles. The summed E-state index contributed by atoms with van der Waals surface area (Å²) in [5.74, 6) is -0.0488. The van der Waals surface area contributed by atoms with Crippen LogP contribution in [0.1, 0.15) is 25.3 Å². The minimum absolute atomic E-state index is 0.0277. The summed E-state index contributed by atoms with van der Waals surface area (Å²) in [5.41, 5.74) is -0.894. The molecule has 2 N–H and O–H groups in total. The number of nitrogens with one attached hydrogen (secondary N) is 2. The SMILES string of the molecule is CCOc1ccc(C(F)(F)F)cc1NC(=O)N1CCC(C(=O)NC)CC1. The molecule has 1 aliphatic rings. The summed E-state index contributed by atoms with van der Waals surface area (Å²) < 4.78 is 44.1. The number of nitrogens with zero attached hydrogens (tertiary/aromatic N) is 1. The van der Waals surface area contributed by atoms with Gasteiger partial charge in [0.2, 0.25) is 5.91 Å². The van der Waals surface area contributed by atoms with Crippen molar-refractivity contribution < 1.29 is 27.5 Å². The minimum Gasteiger partial charge on any atom is -0.492 e. The number of hydrogen-bond acceptors (Lipinski definition) is 3. The third-order valence-electron chi connectivity index (χ3n) is 4.25. The number of hydrogen-bond donors (Lipinski definition) is 2. The van der Waals surface area contributed by atoms with Gasteiger partial charge < -0.3 is 20.3 Å². The van der Waals surface area contributed by atoms with Crippen LogP contribution < -0.4 is 15.4 Å². The van der Waals surface area contributed by atoms with Gasteiger partial charge in [-0.2, -0.15) is 13.2 Å². The molecule has 0 radical (unpaired) electrons. The molecule has 1 aromatic rings. The van der Waals surface area contributed by atoms with Gasteiger partial charge in [-0.1, -0.05) is 0 Å². The lowest BCUT2D eigenvalue weighted by Gasteiger charge is -2.31. The molecular weight excluding hydrogens is 351 g/mol. The average Bonchev–Trinajstić information content (AvgIpc) is 2.61. The Labute approximate surface area is 149 Å². The van der Waals surface area contributed by atoms with Crippen molar-refractivity contribution in [2.45, 2.75) is 25.9 Å². The van der Waals surface area contributed by atoms with E-state index in [0.29, 0.717) is 25.9 Å². The smallest absolute Gasteiger partial charge is 0.416 e. The number of alkyl halides is 3. The van der Waals surface area contributed by atoms with E-state index in [1.807, 2.05) is 0 Å². The summed E-state index contributed by atoms with van der Waals surface area (Å²) in [6.07, 6.45) is -3.50. The van der Waals surface area contributed by atoms with E-state index in [0.717, 1.165) is 12.1 Å². The molecule has 1 heterocycles. The van der Waals surface area contributed by atoms with Crippen molar-refractivity contribution in [2.75, 3.05) is 32.1 Å². The van der Waals surface area contributed by atoms with Crippen molar-refractivity contribution in [3.05, 3.63) is 23.8 Å². The van der Waals surface area contributed by atoms with Gasteiger partial charge >= 0.3 is 12.2 Å². The third-order valence-corrected chi connectivity index (χ3v) is 4.25. The molecule has 9 heteroatoms. The highest BCUT2D eigenvalue weighted by atomic mass is 19.4. The topological polar surface area (TPSA) is 70.7 Å². The number of ether oxygens (including phenoxy) is 1. The first-order valence-electron chi connectivity index (χ1n) is 8.37. The van der Waals surface area contributed by atoms with Gasteiger partial charge in [-0.15, -0.1) is 0 Å². The van der Waals surface area contributed by atoms with Gasteiger partial charge in [-0.25, -0.2) is 4.79 Å². The molecule has 0 aromatic heterocycles. The number of anilines is 1. The summed E-state index contributed by atoms with van der Waals surface area (Å²) in [5, 5.41) is 5.08. The van der Waals surface area contributed by atoms with Gasteiger partial charge in [0.05, 0.1) is 17.9 Å². The van der Waals surface area contributed by atoms with Crippen LogP contribution in [0.3, 0.4) is 0 Å². The zero-order valence-electron chi connectivity index (χ0n) is 14.7. The second-order valence-electron chi connectivity index (χ2n) is 5.95. The van der Waals surface area contributed by atoms with Gasteiger partial charge in [-0.3, -0.25) is 4.79 Å². The molecule has 144 valence electrons. The number of amides is 3. The maximum Gasteiger partial charge on any atom is 0.416 e. The highest BCUT2D eigenvalue weighted by Crippen LogP contribution is 2.35. The highest BCUT2D eigenvalue weighted by molar-refractivity contribution is 5.91. The number of likely N-dealkylation sites (tertiary alicyclic amines) is 1. The van der Waals surface area contributed by atoms with Crippen LogP contribution >= 0.6 is 0 Å². The first-order chi connectivity index (χ1) is 12.3. The first-order valence-corrected chi connectivity index (χ1v) is 8.37.